The Hall–Kier alpha value is -1.59. The lowest BCUT2D eigenvalue weighted by Gasteiger charge is -2.29. The number of likely N-dealkylation sites (N-methyl/N-ethyl adjacent to an activating group) is 1. The van der Waals surface area contributed by atoms with Gasteiger partial charge in [-0.3, -0.25) is 4.79 Å². The van der Waals surface area contributed by atoms with Gasteiger partial charge in [0, 0.05) is 32.4 Å². The van der Waals surface area contributed by atoms with E-state index in [0.717, 1.165) is 31.9 Å². The van der Waals surface area contributed by atoms with Gasteiger partial charge in [-0.15, -0.1) is 0 Å². The summed E-state index contributed by atoms with van der Waals surface area (Å²) in [5, 5.41) is 0. The molecule has 1 aliphatic heterocycles. The maximum absolute atomic E-state index is 11.7. The number of carbonyl (C=O) groups is 1. The Morgan fingerprint density at radius 1 is 1.35 bits per heavy atom. The molecule has 0 aliphatic carbocycles. The standard InChI is InChI=1S/C15H23N3O2/c1-12(16)15(19)17(2)11-13-3-5-14(6-4-13)18-7-9-20-10-8-18/h3-6,12H,7-11,16H2,1-2H3/t12-/m0/s1. The van der Waals surface area contributed by atoms with Gasteiger partial charge >= 0.3 is 0 Å². The molecular formula is C15H23N3O2. The number of nitrogens with two attached hydrogens (primary N) is 1. The largest absolute Gasteiger partial charge is 0.378 e. The third kappa shape index (κ3) is 3.71. The molecule has 5 nitrogen and oxygen atoms in total. The lowest BCUT2D eigenvalue weighted by molar-refractivity contribution is -0.131. The minimum absolute atomic E-state index is 0.0396. The van der Waals surface area contributed by atoms with E-state index in [0.29, 0.717) is 6.54 Å². The number of nitrogens with zero attached hydrogens (tertiary/aromatic N) is 2. The molecule has 0 saturated carbocycles. The summed E-state index contributed by atoms with van der Waals surface area (Å²) < 4.78 is 5.35. The Morgan fingerprint density at radius 2 is 1.95 bits per heavy atom. The highest BCUT2D eigenvalue weighted by molar-refractivity contribution is 5.80. The molecule has 1 aliphatic rings. The van der Waals surface area contributed by atoms with Gasteiger partial charge in [0.15, 0.2) is 0 Å². The highest BCUT2D eigenvalue weighted by atomic mass is 16.5. The van der Waals surface area contributed by atoms with E-state index < -0.39 is 6.04 Å². The highest BCUT2D eigenvalue weighted by Gasteiger charge is 2.14. The van der Waals surface area contributed by atoms with Crippen molar-refractivity contribution in [2.45, 2.75) is 19.5 Å². The van der Waals surface area contributed by atoms with Crippen molar-refractivity contribution >= 4 is 11.6 Å². The van der Waals surface area contributed by atoms with Crippen LogP contribution < -0.4 is 10.6 Å². The number of amides is 1. The van der Waals surface area contributed by atoms with E-state index in [2.05, 4.69) is 29.2 Å². The molecule has 1 aromatic rings. The predicted molar refractivity (Wildman–Crippen MR) is 79.6 cm³/mol. The predicted octanol–water partition coefficient (Wildman–Crippen LogP) is 0.829. The minimum atomic E-state index is -0.451. The van der Waals surface area contributed by atoms with E-state index >= 15 is 0 Å². The van der Waals surface area contributed by atoms with E-state index in [1.165, 1.54) is 5.69 Å². The van der Waals surface area contributed by atoms with Crippen molar-refractivity contribution in [3.8, 4) is 0 Å². The molecular weight excluding hydrogens is 254 g/mol. The van der Waals surface area contributed by atoms with Crippen LogP contribution in [-0.4, -0.2) is 50.2 Å². The first-order valence-electron chi connectivity index (χ1n) is 7.00. The number of benzene rings is 1. The van der Waals surface area contributed by atoms with Crippen LogP contribution >= 0.6 is 0 Å². The highest BCUT2D eigenvalue weighted by Crippen LogP contribution is 2.17. The summed E-state index contributed by atoms with van der Waals surface area (Å²) in [5.74, 6) is -0.0396. The smallest absolute Gasteiger partial charge is 0.239 e. The van der Waals surface area contributed by atoms with Crippen molar-refractivity contribution in [2.24, 2.45) is 5.73 Å². The van der Waals surface area contributed by atoms with E-state index in [4.69, 9.17) is 10.5 Å². The first-order chi connectivity index (χ1) is 9.58. The van der Waals surface area contributed by atoms with Crippen LogP contribution in [0.5, 0.6) is 0 Å². The summed E-state index contributed by atoms with van der Waals surface area (Å²) >= 11 is 0. The fraction of sp³-hybridized carbons (Fsp3) is 0.533. The van der Waals surface area contributed by atoms with Gasteiger partial charge in [0.25, 0.3) is 0 Å². The van der Waals surface area contributed by atoms with E-state index in [1.54, 1.807) is 18.9 Å². The van der Waals surface area contributed by atoms with Crippen LogP contribution in [-0.2, 0) is 16.1 Å². The first kappa shape index (κ1) is 14.8. The van der Waals surface area contributed by atoms with Gasteiger partial charge in [-0.2, -0.15) is 0 Å². The summed E-state index contributed by atoms with van der Waals surface area (Å²) in [5.41, 5.74) is 7.92. The monoisotopic (exact) mass is 277 g/mol. The summed E-state index contributed by atoms with van der Waals surface area (Å²) in [4.78, 5) is 15.7. The summed E-state index contributed by atoms with van der Waals surface area (Å²) in [6.07, 6.45) is 0. The van der Waals surface area contributed by atoms with Gasteiger partial charge in [-0.05, 0) is 24.6 Å². The van der Waals surface area contributed by atoms with Crippen molar-refractivity contribution in [3.05, 3.63) is 29.8 Å². The number of carbonyl (C=O) groups excluding carboxylic acids is 1. The lowest BCUT2D eigenvalue weighted by atomic mass is 10.1. The molecule has 0 aromatic heterocycles. The molecule has 0 unspecified atom stereocenters. The molecule has 2 N–H and O–H groups in total. The summed E-state index contributed by atoms with van der Waals surface area (Å²) in [6.45, 7) is 5.73. The van der Waals surface area contributed by atoms with Gasteiger partial charge in [0.05, 0.1) is 19.3 Å². The lowest BCUT2D eigenvalue weighted by Crippen LogP contribution is -2.39. The van der Waals surface area contributed by atoms with E-state index in [9.17, 15) is 4.79 Å². The molecule has 2 rings (SSSR count). The number of hydrogen-bond donors (Lipinski definition) is 1. The Labute approximate surface area is 120 Å². The van der Waals surface area contributed by atoms with Crippen LogP contribution in [0.25, 0.3) is 0 Å². The van der Waals surface area contributed by atoms with Crippen molar-refractivity contribution < 1.29 is 9.53 Å². The molecule has 0 bridgehead atoms. The zero-order valence-electron chi connectivity index (χ0n) is 12.2. The maximum atomic E-state index is 11.7. The number of morpholine rings is 1. The zero-order chi connectivity index (χ0) is 14.5. The van der Waals surface area contributed by atoms with Gasteiger partial charge in [0.2, 0.25) is 5.91 Å². The fourth-order valence-electron chi connectivity index (χ4n) is 2.33. The van der Waals surface area contributed by atoms with Gasteiger partial charge in [-0.1, -0.05) is 12.1 Å². The van der Waals surface area contributed by atoms with Crippen LogP contribution in [0.4, 0.5) is 5.69 Å². The SMILES string of the molecule is C[C@H](N)C(=O)N(C)Cc1ccc(N2CCOCC2)cc1. The molecule has 1 atom stereocenters. The molecule has 1 aromatic carbocycles. The van der Waals surface area contributed by atoms with Crippen LogP contribution in [0.2, 0.25) is 0 Å². The maximum Gasteiger partial charge on any atom is 0.239 e. The van der Waals surface area contributed by atoms with Crippen LogP contribution in [0.1, 0.15) is 12.5 Å². The van der Waals surface area contributed by atoms with Crippen LogP contribution in [0.15, 0.2) is 24.3 Å². The Bertz CT molecular complexity index is 439. The topological polar surface area (TPSA) is 58.8 Å². The molecule has 1 amide bonds. The Balaban J connectivity index is 1.95. The number of anilines is 1. The fourth-order valence-corrected chi connectivity index (χ4v) is 2.33. The molecule has 110 valence electrons. The zero-order valence-corrected chi connectivity index (χ0v) is 12.2. The second kappa shape index (κ2) is 6.72. The number of hydrogen-bond acceptors (Lipinski definition) is 4. The van der Waals surface area contributed by atoms with Crippen LogP contribution in [0, 0.1) is 0 Å². The van der Waals surface area contributed by atoms with Crippen molar-refractivity contribution in [1.82, 2.24) is 4.90 Å². The number of rotatable bonds is 4. The minimum Gasteiger partial charge on any atom is -0.378 e. The third-order valence-electron chi connectivity index (χ3n) is 3.50. The second-order valence-corrected chi connectivity index (χ2v) is 5.25. The average molecular weight is 277 g/mol. The quantitative estimate of drug-likeness (QED) is 0.885. The van der Waals surface area contributed by atoms with Gasteiger partial charge in [-0.25, -0.2) is 0 Å². The Morgan fingerprint density at radius 3 is 2.50 bits per heavy atom. The normalized spacial score (nSPS) is 16.9. The first-order valence-corrected chi connectivity index (χ1v) is 7.00. The Kier molecular flexibility index (Phi) is 4.98. The molecule has 1 fully saturated rings. The molecule has 0 radical (unpaired) electrons. The molecule has 20 heavy (non-hydrogen) atoms. The third-order valence-corrected chi connectivity index (χ3v) is 3.50. The van der Waals surface area contributed by atoms with Gasteiger partial charge in [0.1, 0.15) is 0 Å². The molecule has 1 heterocycles. The summed E-state index contributed by atoms with van der Waals surface area (Å²) in [7, 11) is 1.78. The second-order valence-electron chi connectivity index (χ2n) is 5.25. The van der Waals surface area contributed by atoms with Crippen LogP contribution in [0.3, 0.4) is 0 Å². The molecule has 0 spiro atoms. The number of ether oxygens (including phenoxy) is 1. The van der Waals surface area contributed by atoms with Crippen molar-refractivity contribution in [1.29, 1.82) is 0 Å². The van der Waals surface area contributed by atoms with Gasteiger partial charge < -0.3 is 20.3 Å². The van der Waals surface area contributed by atoms with Crippen molar-refractivity contribution in [2.75, 3.05) is 38.3 Å². The summed E-state index contributed by atoms with van der Waals surface area (Å²) in [6, 6.07) is 7.88. The molecule has 5 heteroatoms. The van der Waals surface area contributed by atoms with E-state index in [1.807, 2.05) is 0 Å². The average Bonchev–Trinajstić information content (AvgIpc) is 2.48. The van der Waals surface area contributed by atoms with Crippen molar-refractivity contribution in [3.63, 3.8) is 0 Å². The molecule has 1 saturated heterocycles. The van der Waals surface area contributed by atoms with E-state index in [-0.39, 0.29) is 5.91 Å².